The summed E-state index contributed by atoms with van der Waals surface area (Å²) in [5, 5.41) is 3.44. The zero-order valence-corrected chi connectivity index (χ0v) is 7.86. The number of hydrogen-bond donors (Lipinski definition) is 2. The molecule has 1 heterocycles. The summed E-state index contributed by atoms with van der Waals surface area (Å²) in [7, 11) is 0. The molecule has 0 aromatic rings. The smallest absolute Gasteiger partial charge is 0.227 e. The average Bonchev–Trinajstić information content (AvgIpc) is 2.37. The number of carbonyl (C=O) groups is 1. The molecular formula is C7H13N3OS. The molecule has 1 atom stereocenters. The number of hydrogen-bond acceptors (Lipinski definition) is 4. The Bertz CT molecular complexity index is 203. The Hall–Kier alpha value is -0.550. The monoisotopic (exact) mass is 187 g/mol. The highest BCUT2D eigenvalue weighted by atomic mass is 32.2. The molecule has 0 saturated heterocycles. The third-order valence-electron chi connectivity index (χ3n) is 1.34. The summed E-state index contributed by atoms with van der Waals surface area (Å²) in [6.07, 6.45) is 0.361. The maximum Gasteiger partial charge on any atom is 0.227 e. The molecule has 3 N–H and O–H groups in total. The van der Waals surface area contributed by atoms with E-state index in [4.69, 9.17) is 5.73 Å². The lowest BCUT2D eigenvalue weighted by atomic mass is 10.2. The zero-order valence-electron chi connectivity index (χ0n) is 7.04. The Labute approximate surface area is 76.0 Å². The van der Waals surface area contributed by atoms with Gasteiger partial charge in [0.15, 0.2) is 5.17 Å². The first-order valence-electron chi connectivity index (χ1n) is 3.91. The van der Waals surface area contributed by atoms with E-state index in [1.54, 1.807) is 11.8 Å². The lowest BCUT2D eigenvalue weighted by molar-refractivity contribution is -0.119. The highest BCUT2D eigenvalue weighted by molar-refractivity contribution is 8.14. The number of nitrogens with one attached hydrogen (secondary N) is 1. The highest BCUT2D eigenvalue weighted by Crippen LogP contribution is 2.08. The largest absolute Gasteiger partial charge is 0.327 e. The summed E-state index contributed by atoms with van der Waals surface area (Å²) in [6.45, 7) is 2.61. The third-order valence-corrected chi connectivity index (χ3v) is 2.23. The van der Waals surface area contributed by atoms with Gasteiger partial charge in [0.25, 0.3) is 0 Å². The van der Waals surface area contributed by atoms with Crippen LogP contribution in [0.4, 0.5) is 0 Å². The van der Waals surface area contributed by atoms with Gasteiger partial charge in [0, 0.05) is 18.2 Å². The Morgan fingerprint density at radius 2 is 2.67 bits per heavy atom. The number of carbonyl (C=O) groups excluding carboxylic acids is 1. The molecule has 5 heteroatoms. The Balaban J connectivity index is 2.26. The Morgan fingerprint density at radius 3 is 3.17 bits per heavy atom. The lowest BCUT2D eigenvalue weighted by Gasteiger charge is -2.05. The summed E-state index contributed by atoms with van der Waals surface area (Å²) in [5.74, 6) is 0.923. The number of rotatable bonds is 2. The second-order valence-electron chi connectivity index (χ2n) is 2.76. The highest BCUT2D eigenvalue weighted by Gasteiger charge is 2.11. The van der Waals surface area contributed by atoms with Crippen molar-refractivity contribution >= 4 is 22.8 Å². The van der Waals surface area contributed by atoms with E-state index in [1.807, 2.05) is 6.92 Å². The minimum absolute atomic E-state index is 0.0434. The molecule has 0 aromatic heterocycles. The van der Waals surface area contributed by atoms with Crippen LogP contribution in [-0.2, 0) is 4.79 Å². The van der Waals surface area contributed by atoms with Crippen LogP contribution in [0.2, 0.25) is 0 Å². The van der Waals surface area contributed by atoms with Crippen molar-refractivity contribution in [3.05, 3.63) is 0 Å². The van der Waals surface area contributed by atoms with Crippen molar-refractivity contribution in [3.8, 4) is 0 Å². The molecule has 1 aliphatic rings. The molecule has 0 bridgehead atoms. The zero-order chi connectivity index (χ0) is 8.97. The van der Waals surface area contributed by atoms with Crippen molar-refractivity contribution in [2.45, 2.75) is 19.4 Å². The van der Waals surface area contributed by atoms with Gasteiger partial charge in [-0.05, 0) is 6.92 Å². The molecular weight excluding hydrogens is 174 g/mol. The molecule has 1 rings (SSSR count). The van der Waals surface area contributed by atoms with Gasteiger partial charge < -0.3 is 11.1 Å². The van der Waals surface area contributed by atoms with E-state index >= 15 is 0 Å². The van der Waals surface area contributed by atoms with Gasteiger partial charge in [0.05, 0.1) is 6.54 Å². The van der Waals surface area contributed by atoms with E-state index < -0.39 is 0 Å². The maximum atomic E-state index is 11.1. The van der Waals surface area contributed by atoms with Gasteiger partial charge >= 0.3 is 0 Å². The fraction of sp³-hybridized carbons (Fsp3) is 0.714. The van der Waals surface area contributed by atoms with Gasteiger partial charge in [-0.1, -0.05) is 11.8 Å². The van der Waals surface area contributed by atoms with Crippen molar-refractivity contribution in [2.24, 2.45) is 10.7 Å². The molecule has 0 aromatic carbocycles. The molecule has 0 radical (unpaired) electrons. The maximum absolute atomic E-state index is 11.1. The normalized spacial score (nSPS) is 18.7. The first-order valence-corrected chi connectivity index (χ1v) is 4.89. The third kappa shape index (κ3) is 3.23. The minimum Gasteiger partial charge on any atom is -0.327 e. The SMILES string of the molecule is CC(N)CC(=O)NC1=NCCS1. The first kappa shape index (κ1) is 9.54. The van der Waals surface area contributed by atoms with E-state index in [-0.39, 0.29) is 11.9 Å². The fourth-order valence-electron chi connectivity index (χ4n) is 0.873. The number of nitrogens with zero attached hydrogens (tertiary/aromatic N) is 1. The second kappa shape index (κ2) is 4.47. The molecule has 1 amide bonds. The topological polar surface area (TPSA) is 67.5 Å². The van der Waals surface area contributed by atoms with Gasteiger partial charge in [0.1, 0.15) is 0 Å². The molecule has 12 heavy (non-hydrogen) atoms. The van der Waals surface area contributed by atoms with Crippen LogP contribution < -0.4 is 11.1 Å². The predicted octanol–water partition coefficient (Wildman–Crippen LogP) is -0.0573. The van der Waals surface area contributed by atoms with Crippen LogP contribution in [0.3, 0.4) is 0 Å². The molecule has 4 nitrogen and oxygen atoms in total. The van der Waals surface area contributed by atoms with Crippen molar-refractivity contribution in [1.82, 2.24) is 5.32 Å². The number of amidine groups is 1. The van der Waals surface area contributed by atoms with Gasteiger partial charge in [-0.3, -0.25) is 9.79 Å². The average molecular weight is 187 g/mol. The van der Waals surface area contributed by atoms with Crippen molar-refractivity contribution in [2.75, 3.05) is 12.3 Å². The molecule has 1 aliphatic heterocycles. The minimum atomic E-state index is -0.0861. The number of nitrogens with two attached hydrogens (primary N) is 1. The summed E-state index contributed by atoms with van der Waals surface area (Å²) < 4.78 is 0. The molecule has 68 valence electrons. The molecule has 0 saturated carbocycles. The number of amides is 1. The Kier molecular flexibility index (Phi) is 3.55. The van der Waals surface area contributed by atoms with E-state index in [9.17, 15) is 4.79 Å². The number of thioether (sulfide) groups is 1. The molecule has 0 fully saturated rings. The second-order valence-corrected chi connectivity index (χ2v) is 3.85. The van der Waals surface area contributed by atoms with Crippen LogP contribution >= 0.6 is 11.8 Å². The van der Waals surface area contributed by atoms with Crippen LogP contribution in [-0.4, -0.2) is 29.4 Å². The fourth-order valence-corrected chi connectivity index (χ4v) is 1.62. The summed E-state index contributed by atoms with van der Waals surface area (Å²) >= 11 is 1.58. The van der Waals surface area contributed by atoms with Gasteiger partial charge in [-0.25, -0.2) is 0 Å². The summed E-state index contributed by atoms with van der Waals surface area (Å²) in [4.78, 5) is 15.2. The standard InChI is InChI=1S/C7H13N3OS/c1-5(8)4-6(11)10-7-9-2-3-12-7/h5H,2-4,8H2,1H3,(H,9,10,11). The predicted molar refractivity (Wildman–Crippen MR) is 51.2 cm³/mol. The van der Waals surface area contributed by atoms with Crippen molar-refractivity contribution in [1.29, 1.82) is 0 Å². The van der Waals surface area contributed by atoms with Crippen LogP contribution in [0.25, 0.3) is 0 Å². The van der Waals surface area contributed by atoms with Crippen molar-refractivity contribution in [3.63, 3.8) is 0 Å². The molecule has 0 spiro atoms. The van der Waals surface area contributed by atoms with Crippen LogP contribution in [0, 0.1) is 0 Å². The van der Waals surface area contributed by atoms with Crippen LogP contribution in [0.5, 0.6) is 0 Å². The van der Waals surface area contributed by atoms with E-state index in [1.165, 1.54) is 0 Å². The van der Waals surface area contributed by atoms with Crippen LogP contribution in [0.15, 0.2) is 4.99 Å². The molecule has 1 unspecified atom stereocenters. The Morgan fingerprint density at radius 1 is 1.92 bits per heavy atom. The van der Waals surface area contributed by atoms with Gasteiger partial charge in [-0.15, -0.1) is 0 Å². The number of aliphatic imine (C=N–C) groups is 1. The first-order chi connectivity index (χ1) is 5.68. The summed E-state index contributed by atoms with van der Waals surface area (Å²) in [6, 6.07) is -0.0861. The summed E-state index contributed by atoms with van der Waals surface area (Å²) in [5.41, 5.74) is 5.46. The van der Waals surface area contributed by atoms with E-state index in [2.05, 4.69) is 10.3 Å². The quantitative estimate of drug-likeness (QED) is 0.636. The van der Waals surface area contributed by atoms with Gasteiger partial charge in [0.2, 0.25) is 5.91 Å². The van der Waals surface area contributed by atoms with E-state index in [0.717, 1.165) is 17.5 Å². The lowest BCUT2D eigenvalue weighted by Crippen LogP contribution is -2.32. The molecule has 0 aliphatic carbocycles. The van der Waals surface area contributed by atoms with Crippen LogP contribution in [0.1, 0.15) is 13.3 Å². The van der Waals surface area contributed by atoms with Crippen molar-refractivity contribution < 1.29 is 4.79 Å². The van der Waals surface area contributed by atoms with Gasteiger partial charge in [-0.2, -0.15) is 0 Å². The van der Waals surface area contributed by atoms with E-state index in [0.29, 0.717) is 6.42 Å².